The lowest BCUT2D eigenvalue weighted by Crippen LogP contribution is -2.32. The highest BCUT2D eigenvalue weighted by molar-refractivity contribution is 6.37. The summed E-state index contributed by atoms with van der Waals surface area (Å²) in [7, 11) is 5.20. The van der Waals surface area contributed by atoms with E-state index < -0.39 is 0 Å². The number of halogens is 2. The fourth-order valence-electron chi connectivity index (χ4n) is 4.16. The summed E-state index contributed by atoms with van der Waals surface area (Å²) in [5.74, 6) is 1.85. The van der Waals surface area contributed by atoms with Crippen molar-refractivity contribution in [3.63, 3.8) is 0 Å². The topological polar surface area (TPSA) is 79.6 Å². The predicted molar refractivity (Wildman–Crippen MR) is 135 cm³/mol. The Hall–Kier alpha value is -2.92. The molecule has 0 spiro atoms. The van der Waals surface area contributed by atoms with Gasteiger partial charge in [-0.15, -0.1) is 0 Å². The molecule has 1 saturated heterocycles. The molecule has 34 heavy (non-hydrogen) atoms. The number of rotatable bonds is 7. The number of hydrogen-bond donors (Lipinski definition) is 1. The number of aromatic nitrogens is 1. The van der Waals surface area contributed by atoms with Crippen molar-refractivity contribution in [2.24, 2.45) is 5.92 Å². The molecule has 7 nitrogen and oxygen atoms in total. The van der Waals surface area contributed by atoms with Gasteiger partial charge in [-0.05, 0) is 51.0 Å². The van der Waals surface area contributed by atoms with Crippen LogP contribution in [-0.4, -0.2) is 50.8 Å². The second-order valence-corrected chi connectivity index (χ2v) is 9.11. The number of hydrogen-bond acceptors (Lipinski definition) is 7. The standard InChI is InChI=1S/C25H26Cl2N4O3/c1-31-8-5-15(6-9-31)14-34-23-12-21-24(16(13-28)25(23)33-3)19(4-7-29-21)30-20-11-22(32-2)18(27)10-17(20)26/h4,7,10-12,15H,5-6,8-9,14H2,1-3H3,(H,29,30). The summed E-state index contributed by atoms with van der Waals surface area (Å²) >= 11 is 12.6. The number of piperidine rings is 1. The molecule has 0 radical (unpaired) electrons. The molecule has 1 aromatic heterocycles. The Morgan fingerprint density at radius 2 is 1.85 bits per heavy atom. The van der Waals surface area contributed by atoms with Gasteiger partial charge >= 0.3 is 0 Å². The Labute approximate surface area is 209 Å². The van der Waals surface area contributed by atoms with E-state index in [9.17, 15) is 5.26 Å². The molecule has 4 rings (SSSR count). The average molecular weight is 501 g/mol. The minimum absolute atomic E-state index is 0.339. The highest BCUT2D eigenvalue weighted by Crippen LogP contribution is 2.42. The largest absolute Gasteiger partial charge is 0.495 e. The lowest BCUT2D eigenvalue weighted by Gasteiger charge is -2.29. The number of nitriles is 1. The Balaban J connectivity index is 1.71. The fourth-order valence-corrected chi connectivity index (χ4v) is 4.67. The number of anilines is 2. The van der Waals surface area contributed by atoms with Crippen LogP contribution in [-0.2, 0) is 0 Å². The third-order valence-electron chi connectivity index (χ3n) is 6.09. The Morgan fingerprint density at radius 3 is 2.53 bits per heavy atom. The molecule has 0 amide bonds. The van der Waals surface area contributed by atoms with E-state index in [1.54, 1.807) is 24.4 Å². The molecule has 0 bridgehead atoms. The maximum absolute atomic E-state index is 10.1. The van der Waals surface area contributed by atoms with Crippen LogP contribution < -0.4 is 19.5 Å². The predicted octanol–water partition coefficient (Wildman–Crippen LogP) is 5.89. The quantitative estimate of drug-likeness (QED) is 0.432. The molecule has 1 N–H and O–H groups in total. The zero-order chi connectivity index (χ0) is 24.2. The van der Waals surface area contributed by atoms with Crippen molar-refractivity contribution in [1.82, 2.24) is 9.88 Å². The van der Waals surface area contributed by atoms with E-state index in [-0.39, 0.29) is 0 Å². The monoisotopic (exact) mass is 500 g/mol. The molecule has 2 aromatic carbocycles. The van der Waals surface area contributed by atoms with Crippen molar-refractivity contribution in [3.8, 4) is 23.3 Å². The van der Waals surface area contributed by atoms with Gasteiger partial charge in [0, 0.05) is 23.7 Å². The number of ether oxygens (including phenoxy) is 3. The molecular weight excluding hydrogens is 475 g/mol. The number of nitrogens with one attached hydrogen (secondary N) is 1. The molecular formula is C25H26Cl2N4O3. The summed E-state index contributed by atoms with van der Waals surface area (Å²) < 4.78 is 17.1. The summed E-state index contributed by atoms with van der Waals surface area (Å²) in [6, 6.07) is 9.18. The van der Waals surface area contributed by atoms with Gasteiger partial charge in [0.05, 0.1) is 47.8 Å². The molecule has 1 aliphatic heterocycles. The van der Waals surface area contributed by atoms with Gasteiger partial charge in [0.1, 0.15) is 17.4 Å². The van der Waals surface area contributed by atoms with Gasteiger partial charge in [-0.2, -0.15) is 5.26 Å². The first-order chi connectivity index (χ1) is 16.4. The Morgan fingerprint density at radius 1 is 1.09 bits per heavy atom. The maximum Gasteiger partial charge on any atom is 0.179 e. The number of likely N-dealkylation sites (tertiary alicyclic amines) is 1. The molecule has 178 valence electrons. The van der Waals surface area contributed by atoms with Crippen LogP contribution in [0.5, 0.6) is 17.2 Å². The van der Waals surface area contributed by atoms with Gasteiger partial charge in [-0.1, -0.05) is 23.2 Å². The van der Waals surface area contributed by atoms with Crippen LogP contribution in [0.2, 0.25) is 10.0 Å². The van der Waals surface area contributed by atoms with Crippen LogP contribution in [0, 0.1) is 17.2 Å². The van der Waals surface area contributed by atoms with Crippen molar-refractivity contribution >= 4 is 45.5 Å². The highest BCUT2D eigenvalue weighted by atomic mass is 35.5. The number of benzene rings is 2. The normalized spacial score (nSPS) is 14.6. The number of nitrogens with zero attached hydrogens (tertiary/aromatic N) is 3. The van der Waals surface area contributed by atoms with Crippen molar-refractivity contribution in [2.75, 3.05) is 46.3 Å². The highest BCUT2D eigenvalue weighted by Gasteiger charge is 2.22. The van der Waals surface area contributed by atoms with Crippen molar-refractivity contribution in [2.45, 2.75) is 12.8 Å². The van der Waals surface area contributed by atoms with Crippen LogP contribution in [0.15, 0.2) is 30.5 Å². The van der Waals surface area contributed by atoms with Crippen LogP contribution in [0.25, 0.3) is 10.9 Å². The molecule has 3 aromatic rings. The van der Waals surface area contributed by atoms with E-state index in [2.05, 4.69) is 28.3 Å². The molecule has 0 atom stereocenters. The van der Waals surface area contributed by atoms with E-state index in [0.29, 0.717) is 67.7 Å². The van der Waals surface area contributed by atoms with Crippen LogP contribution in [0.1, 0.15) is 18.4 Å². The van der Waals surface area contributed by atoms with Crippen LogP contribution >= 0.6 is 23.2 Å². The zero-order valence-electron chi connectivity index (χ0n) is 19.3. The second kappa shape index (κ2) is 10.6. The van der Waals surface area contributed by atoms with Gasteiger partial charge in [-0.3, -0.25) is 4.98 Å². The number of pyridine rings is 1. The molecule has 1 aliphatic rings. The minimum atomic E-state index is 0.339. The van der Waals surface area contributed by atoms with Crippen molar-refractivity contribution in [3.05, 3.63) is 46.1 Å². The Bertz CT molecular complexity index is 1240. The first-order valence-electron chi connectivity index (χ1n) is 11.0. The molecule has 2 heterocycles. The molecule has 1 fully saturated rings. The van der Waals surface area contributed by atoms with Crippen LogP contribution in [0.4, 0.5) is 11.4 Å². The van der Waals surface area contributed by atoms with E-state index in [1.807, 2.05) is 6.07 Å². The third kappa shape index (κ3) is 4.95. The van der Waals surface area contributed by atoms with Crippen LogP contribution in [0.3, 0.4) is 0 Å². The lowest BCUT2D eigenvalue weighted by molar-refractivity contribution is 0.157. The summed E-state index contributed by atoms with van der Waals surface area (Å²) in [6.07, 6.45) is 3.82. The number of fused-ring (bicyclic) bond motifs is 1. The van der Waals surface area contributed by atoms with Gasteiger partial charge in [-0.25, -0.2) is 0 Å². The summed E-state index contributed by atoms with van der Waals surface area (Å²) in [6.45, 7) is 2.68. The van der Waals surface area contributed by atoms with E-state index in [0.717, 1.165) is 25.9 Å². The van der Waals surface area contributed by atoms with Gasteiger partial charge in [0.25, 0.3) is 0 Å². The Kier molecular flexibility index (Phi) is 7.52. The van der Waals surface area contributed by atoms with Gasteiger partial charge in [0.2, 0.25) is 0 Å². The number of methoxy groups -OCH3 is 2. The summed E-state index contributed by atoms with van der Waals surface area (Å²) in [4.78, 5) is 6.81. The molecule has 0 aliphatic carbocycles. The first-order valence-corrected chi connectivity index (χ1v) is 11.7. The lowest BCUT2D eigenvalue weighted by atomic mass is 9.98. The average Bonchev–Trinajstić information content (AvgIpc) is 2.84. The van der Waals surface area contributed by atoms with Crippen molar-refractivity contribution < 1.29 is 14.2 Å². The third-order valence-corrected chi connectivity index (χ3v) is 6.70. The zero-order valence-corrected chi connectivity index (χ0v) is 20.8. The molecule has 0 saturated carbocycles. The fraction of sp³-hybridized carbons (Fsp3) is 0.360. The van der Waals surface area contributed by atoms with Gasteiger partial charge < -0.3 is 24.4 Å². The molecule has 9 heteroatoms. The summed E-state index contributed by atoms with van der Waals surface area (Å²) in [5.41, 5.74) is 2.18. The smallest absolute Gasteiger partial charge is 0.179 e. The minimum Gasteiger partial charge on any atom is -0.495 e. The molecule has 0 unspecified atom stereocenters. The second-order valence-electron chi connectivity index (χ2n) is 8.30. The van der Waals surface area contributed by atoms with E-state index in [1.165, 1.54) is 14.2 Å². The first kappa shape index (κ1) is 24.2. The SMILES string of the molecule is COc1cc(Nc2ccnc3cc(OCC4CCN(C)CC4)c(OC)c(C#N)c23)c(Cl)cc1Cl. The van der Waals surface area contributed by atoms with Crippen molar-refractivity contribution in [1.29, 1.82) is 5.26 Å². The van der Waals surface area contributed by atoms with E-state index >= 15 is 0 Å². The van der Waals surface area contributed by atoms with Gasteiger partial charge in [0.15, 0.2) is 11.5 Å². The summed E-state index contributed by atoms with van der Waals surface area (Å²) in [5, 5.41) is 14.8. The maximum atomic E-state index is 10.1. The van der Waals surface area contributed by atoms with E-state index in [4.69, 9.17) is 37.4 Å².